The van der Waals surface area contributed by atoms with E-state index in [1.54, 1.807) is 30.2 Å². The molecule has 4 rings (SSSR count). The number of hydrogen-bond acceptors (Lipinski definition) is 5. The summed E-state index contributed by atoms with van der Waals surface area (Å²) >= 11 is 1.66. The zero-order valence-electron chi connectivity index (χ0n) is 14.0. The lowest BCUT2D eigenvalue weighted by Crippen LogP contribution is -1.99. The van der Waals surface area contributed by atoms with Crippen LogP contribution in [0.3, 0.4) is 0 Å². The third-order valence-corrected chi connectivity index (χ3v) is 7.53. The van der Waals surface area contributed by atoms with Crippen LogP contribution in [0.1, 0.15) is 16.4 Å². The first-order chi connectivity index (χ1) is 12.6. The molecule has 0 aliphatic carbocycles. The quantitative estimate of drug-likeness (QED) is 0.597. The summed E-state index contributed by atoms with van der Waals surface area (Å²) < 4.78 is 26.9. The van der Waals surface area contributed by atoms with Crippen molar-refractivity contribution in [1.29, 1.82) is 0 Å². The molecule has 3 aromatic rings. The highest BCUT2D eigenvalue weighted by Crippen LogP contribution is 2.63. The van der Waals surface area contributed by atoms with E-state index in [9.17, 15) is 9.11 Å². The third-order valence-electron chi connectivity index (χ3n) is 4.22. The number of nitrogens with zero attached hydrogens (tertiary/aromatic N) is 1. The Morgan fingerprint density at radius 3 is 2.69 bits per heavy atom. The molecule has 1 aliphatic rings. The van der Waals surface area contributed by atoms with Crippen LogP contribution in [0.5, 0.6) is 5.75 Å². The molecule has 0 bridgehead atoms. The lowest BCUT2D eigenvalue weighted by atomic mass is 10.1. The molecular formula is C20H19NO3S2. The molecule has 4 nitrogen and oxygen atoms in total. The Morgan fingerprint density at radius 1 is 1.08 bits per heavy atom. The van der Waals surface area contributed by atoms with E-state index in [-0.39, 0.29) is 5.25 Å². The number of hydrogen-bond donors (Lipinski definition) is 2. The molecule has 1 atom stereocenters. The van der Waals surface area contributed by atoms with Crippen molar-refractivity contribution in [1.82, 2.24) is 4.98 Å². The second kappa shape index (κ2) is 7.32. The number of thioether (sulfide) groups is 1. The lowest BCUT2D eigenvalue weighted by Gasteiger charge is -2.27. The van der Waals surface area contributed by atoms with Gasteiger partial charge in [-0.15, -0.1) is 11.8 Å². The van der Waals surface area contributed by atoms with Crippen LogP contribution in [0, 0.1) is 0 Å². The van der Waals surface area contributed by atoms with E-state index in [1.807, 2.05) is 54.6 Å². The zero-order chi connectivity index (χ0) is 18.0. The molecule has 0 amide bonds. The monoisotopic (exact) mass is 385 g/mol. The number of ether oxygens (including phenoxy) is 1. The Bertz CT molecular complexity index is 888. The molecule has 2 aromatic carbocycles. The van der Waals surface area contributed by atoms with Crippen molar-refractivity contribution in [2.45, 2.75) is 21.6 Å². The van der Waals surface area contributed by atoms with Crippen molar-refractivity contribution in [3.63, 3.8) is 0 Å². The first-order valence-electron chi connectivity index (χ1n) is 8.25. The molecule has 1 unspecified atom stereocenters. The van der Waals surface area contributed by atoms with E-state index in [2.05, 4.69) is 4.98 Å². The van der Waals surface area contributed by atoms with Crippen LogP contribution in [0.25, 0.3) is 0 Å². The van der Waals surface area contributed by atoms with Gasteiger partial charge in [0.15, 0.2) is 0 Å². The number of aromatic nitrogens is 1. The maximum absolute atomic E-state index is 10.6. The maximum Gasteiger partial charge on any atom is 0.121 e. The van der Waals surface area contributed by atoms with Crippen molar-refractivity contribution in [3.8, 4) is 5.75 Å². The summed E-state index contributed by atoms with van der Waals surface area (Å²) in [5.41, 5.74) is 1.95. The summed E-state index contributed by atoms with van der Waals surface area (Å²) in [7, 11) is -2.79. The largest absolute Gasteiger partial charge is 0.489 e. The van der Waals surface area contributed by atoms with Crippen LogP contribution in [-0.4, -0.2) is 19.8 Å². The highest BCUT2D eigenvalue weighted by Gasteiger charge is 2.36. The summed E-state index contributed by atoms with van der Waals surface area (Å²) in [6.45, 7) is 0.397. The molecular weight excluding hydrogens is 366 g/mol. The molecule has 0 fully saturated rings. The maximum atomic E-state index is 10.6. The van der Waals surface area contributed by atoms with Crippen molar-refractivity contribution in [3.05, 3.63) is 84.2 Å². The number of fused-ring (bicyclic) bond motifs is 1. The minimum atomic E-state index is -2.79. The van der Waals surface area contributed by atoms with Gasteiger partial charge in [-0.3, -0.25) is 14.1 Å². The van der Waals surface area contributed by atoms with E-state index < -0.39 is 10.6 Å². The molecule has 0 saturated carbocycles. The summed E-state index contributed by atoms with van der Waals surface area (Å²) in [4.78, 5) is 5.80. The average molecular weight is 386 g/mol. The molecule has 0 spiro atoms. The van der Waals surface area contributed by atoms with E-state index in [1.165, 1.54) is 0 Å². The molecule has 1 aromatic heterocycles. The summed E-state index contributed by atoms with van der Waals surface area (Å²) in [6, 6.07) is 19.5. The number of rotatable bonds is 5. The topological polar surface area (TPSA) is 62.6 Å². The fraction of sp³-hybridized carbons (Fsp3) is 0.150. The molecule has 0 saturated heterocycles. The summed E-state index contributed by atoms with van der Waals surface area (Å²) in [6.07, 6.45) is 3.48. The van der Waals surface area contributed by atoms with Gasteiger partial charge in [-0.25, -0.2) is 0 Å². The van der Waals surface area contributed by atoms with Gasteiger partial charge < -0.3 is 4.74 Å². The minimum Gasteiger partial charge on any atom is -0.489 e. The van der Waals surface area contributed by atoms with Gasteiger partial charge in [-0.1, -0.05) is 30.3 Å². The summed E-state index contributed by atoms with van der Waals surface area (Å²) in [5, 5.41) is 0.0322. The normalized spacial score (nSPS) is 18.9. The molecule has 1 aliphatic heterocycles. The molecule has 0 radical (unpaired) electrons. The van der Waals surface area contributed by atoms with Crippen molar-refractivity contribution in [2.75, 3.05) is 5.75 Å². The van der Waals surface area contributed by atoms with Gasteiger partial charge >= 0.3 is 0 Å². The SMILES string of the molecule is OS1(O)CC(Sc2ccccc2)c2ccc(OCc3cccnc3)cc21. The van der Waals surface area contributed by atoms with Gasteiger partial charge in [0.05, 0.1) is 15.9 Å². The summed E-state index contributed by atoms with van der Waals surface area (Å²) in [5.74, 6) is 0.978. The third kappa shape index (κ3) is 3.73. The van der Waals surface area contributed by atoms with Gasteiger partial charge in [0.2, 0.25) is 0 Å². The first kappa shape index (κ1) is 17.4. The average Bonchev–Trinajstić information content (AvgIpc) is 2.91. The molecule has 2 N–H and O–H groups in total. The zero-order valence-corrected chi connectivity index (χ0v) is 15.6. The van der Waals surface area contributed by atoms with Crippen LogP contribution in [0.2, 0.25) is 0 Å². The van der Waals surface area contributed by atoms with Crippen molar-refractivity contribution < 1.29 is 13.8 Å². The Kier molecular flexibility index (Phi) is 4.91. The van der Waals surface area contributed by atoms with Crippen LogP contribution < -0.4 is 4.74 Å². The molecule has 26 heavy (non-hydrogen) atoms. The molecule has 2 heterocycles. The standard InChI is InChI=1S/C20H19NO3S2/c22-26(23)14-19(25-17-6-2-1-3-7-17)18-9-8-16(11-20(18)26)24-13-15-5-4-10-21-12-15/h1-12,19,22-23H,13-14H2. The molecule has 134 valence electrons. The van der Waals surface area contributed by atoms with Gasteiger partial charge in [0.25, 0.3) is 0 Å². The second-order valence-corrected chi connectivity index (χ2v) is 9.49. The van der Waals surface area contributed by atoms with Gasteiger partial charge in [-0.2, -0.15) is 10.6 Å². The van der Waals surface area contributed by atoms with Crippen LogP contribution in [-0.2, 0) is 6.61 Å². The second-order valence-electron chi connectivity index (χ2n) is 6.10. The first-order valence-corrected chi connectivity index (χ1v) is 10.8. The Labute approximate surface area is 158 Å². The van der Waals surface area contributed by atoms with Gasteiger partial charge in [0.1, 0.15) is 12.4 Å². The predicted octanol–water partition coefficient (Wildman–Crippen LogP) is 5.62. The fourth-order valence-electron chi connectivity index (χ4n) is 2.96. The van der Waals surface area contributed by atoms with Crippen LogP contribution in [0.4, 0.5) is 0 Å². The number of benzene rings is 2. The van der Waals surface area contributed by atoms with Crippen molar-refractivity contribution in [2.24, 2.45) is 0 Å². The van der Waals surface area contributed by atoms with E-state index in [0.717, 1.165) is 16.0 Å². The van der Waals surface area contributed by atoms with Crippen LogP contribution in [0.15, 0.2) is 82.8 Å². The Morgan fingerprint density at radius 2 is 1.92 bits per heavy atom. The van der Waals surface area contributed by atoms with Crippen molar-refractivity contribution >= 4 is 22.4 Å². The van der Waals surface area contributed by atoms with Gasteiger partial charge in [-0.05, 0) is 29.8 Å². The smallest absolute Gasteiger partial charge is 0.121 e. The fourth-order valence-corrected chi connectivity index (χ4v) is 6.52. The number of pyridine rings is 1. The highest BCUT2D eigenvalue weighted by atomic mass is 32.3. The van der Waals surface area contributed by atoms with E-state index in [4.69, 9.17) is 4.74 Å². The Hall–Kier alpha value is -1.99. The predicted molar refractivity (Wildman–Crippen MR) is 106 cm³/mol. The Balaban J connectivity index is 1.54. The minimum absolute atomic E-state index is 0.0322. The van der Waals surface area contributed by atoms with Gasteiger partial charge in [0, 0.05) is 28.9 Å². The molecule has 6 heteroatoms. The van der Waals surface area contributed by atoms with Crippen LogP contribution >= 0.6 is 22.4 Å². The van der Waals surface area contributed by atoms with E-state index in [0.29, 0.717) is 23.0 Å². The highest BCUT2D eigenvalue weighted by molar-refractivity contribution is 8.25. The lowest BCUT2D eigenvalue weighted by molar-refractivity contribution is 0.304. The van der Waals surface area contributed by atoms with E-state index >= 15 is 0 Å².